The number of hydrogen-bond acceptors (Lipinski definition) is 1. The van der Waals surface area contributed by atoms with Crippen molar-refractivity contribution in [2.75, 3.05) is 5.32 Å². The van der Waals surface area contributed by atoms with E-state index in [1.807, 2.05) is 48.5 Å². The fourth-order valence-electron chi connectivity index (χ4n) is 3.29. The van der Waals surface area contributed by atoms with Crippen molar-refractivity contribution < 1.29 is 4.79 Å². The largest absolute Gasteiger partial charge is 0.326 e. The first-order chi connectivity index (χ1) is 13.3. The van der Waals surface area contributed by atoms with E-state index < -0.39 is 0 Å². The van der Waals surface area contributed by atoms with Gasteiger partial charge in [0, 0.05) is 12.1 Å². The van der Waals surface area contributed by atoms with Crippen molar-refractivity contribution >= 4 is 22.4 Å². The van der Waals surface area contributed by atoms with Crippen LogP contribution in [0.25, 0.3) is 21.9 Å². The summed E-state index contributed by atoms with van der Waals surface area (Å²) in [5.41, 5.74) is 4.39. The van der Waals surface area contributed by atoms with Crippen molar-refractivity contribution in [2.24, 2.45) is 0 Å². The van der Waals surface area contributed by atoms with Gasteiger partial charge in [-0.25, -0.2) is 0 Å². The van der Waals surface area contributed by atoms with E-state index >= 15 is 0 Å². The van der Waals surface area contributed by atoms with Crippen LogP contribution < -0.4 is 5.32 Å². The van der Waals surface area contributed by atoms with Gasteiger partial charge in [-0.05, 0) is 46.0 Å². The number of hydrogen-bond donors (Lipinski definition) is 1. The van der Waals surface area contributed by atoms with Crippen molar-refractivity contribution in [3.63, 3.8) is 0 Å². The Bertz CT molecular complexity index is 1070. The van der Waals surface area contributed by atoms with Gasteiger partial charge in [0.05, 0.1) is 0 Å². The number of aryl methyl sites for hydroxylation is 1. The number of fused-ring (bicyclic) bond motifs is 1. The van der Waals surface area contributed by atoms with Crippen LogP contribution in [0.2, 0.25) is 0 Å². The van der Waals surface area contributed by atoms with Crippen LogP contribution in [0.5, 0.6) is 0 Å². The third kappa shape index (κ3) is 4.24. The van der Waals surface area contributed by atoms with Gasteiger partial charge in [0.1, 0.15) is 0 Å². The maximum absolute atomic E-state index is 12.4. The molecule has 2 nitrogen and oxygen atoms in total. The highest BCUT2D eigenvalue weighted by Gasteiger charge is 2.05. The van der Waals surface area contributed by atoms with E-state index in [2.05, 4.69) is 53.8 Å². The first-order valence-corrected chi connectivity index (χ1v) is 9.21. The molecule has 27 heavy (non-hydrogen) atoms. The first kappa shape index (κ1) is 17.0. The molecule has 0 bridgehead atoms. The zero-order valence-electron chi connectivity index (χ0n) is 15.1. The summed E-state index contributed by atoms with van der Waals surface area (Å²) < 4.78 is 0. The summed E-state index contributed by atoms with van der Waals surface area (Å²) in [6, 6.07) is 32.9. The lowest BCUT2D eigenvalue weighted by molar-refractivity contribution is -0.116. The van der Waals surface area contributed by atoms with Crippen LogP contribution in [0, 0.1) is 0 Å². The number of rotatable bonds is 5. The van der Waals surface area contributed by atoms with Gasteiger partial charge in [-0.3, -0.25) is 4.79 Å². The third-order valence-electron chi connectivity index (χ3n) is 4.71. The molecule has 0 atom stereocenters. The van der Waals surface area contributed by atoms with E-state index in [1.165, 1.54) is 22.1 Å². The van der Waals surface area contributed by atoms with Gasteiger partial charge in [-0.1, -0.05) is 84.9 Å². The van der Waals surface area contributed by atoms with E-state index in [0.29, 0.717) is 6.42 Å². The van der Waals surface area contributed by atoms with Crippen LogP contribution in [-0.2, 0) is 11.2 Å². The Morgan fingerprint density at radius 3 is 2.26 bits per heavy atom. The fourth-order valence-corrected chi connectivity index (χ4v) is 3.29. The minimum absolute atomic E-state index is 0.0374. The van der Waals surface area contributed by atoms with E-state index in [0.717, 1.165) is 17.5 Å². The molecule has 4 rings (SSSR count). The molecular weight excluding hydrogens is 330 g/mol. The summed E-state index contributed by atoms with van der Waals surface area (Å²) in [6.07, 6.45) is 1.19. The monoisotopic (exact) mass is 351 g/mol. The molecule has 4 aromatic rings. The maximum Gasteiger partial charge on any atom is 0.224 e. The number of amides is 1. The maximum atomic E-state index is 12.4. The Labute approximate surface area is 159 Å². The number of anilines is 1. The standard InChI is InChI=1S/C25H21NO/c27-25(26-24-15-14-21-10-4-5-11-23(21)18-24)16-13-19-7-6-12-22(17-19)20-8-2-1-3-9-20/h1-12,14-15,17-18H,13,16H2,(H,26,27). The second kappa shape index (κ2) is 7.88. The second-order valence-electron chi connectivity index (χ2n) is 6.68. The average molecular weight is 351 g/mol. The van der Waals surface area contributed by atoms with Crippen molar-refractivity contribution in [2.45, 2.75) is 12.8 Å². The van der Waals surface area contributed by atoms with E-state index in [-0.39, 0.29) is 5.91 Å². The summed E-state index contributed by atoms with van der Waals surface area (Å²) in [6.45, 7) is 0. The quantitative estimate of drug-likeness (QED) is 0.464. The Morgan fingerprint density at radius 2 is 1.41 bits per heavy atom. The van der Waals surface area contributed by atoms with Crippen LogP contribution in [0.15, 0.2) is 97.1 Å². The molecule has 0 aromatic heterocycles. The van der Waals surface area contributed by atoms with Crippen LogP contribution in [-0.4, -0.2) is 5.91 Å². The van der Waals surface area contributed by atoms with Gasteiger partial charge >= 0.3 is 0 Å². The van der Waals surface area contributed by atoms with Crippen molar-refractivity contribution in [3.05, 3.63) is 103 Å². The van der Waals surface area contributed by atoms with Gasteiger partial charge in [-0.15, -0.1) is 0 Å². The first-order valence-electron chi connectivity index (χ1n) is 9.21. The molecule has 0 radical (unpaired) electrons. The highest BCUT2D eigenvalue weighted by molar-refractivity contribution is 5.94. The van der Waals surface area contributed by atoms with E-state index in [4.69, 9.17) is 0 Å². The van der Waals surface area contributed by atoms with Crippen molar-refractivity contribution in [1.82, 2.24) is 0 Å². The molecule has 0 saturated heterocycles. The molecule has 0 heterocycles. The van der Waals surface area contributed by atoms with Gasteiger partial charge in [0.25, 0.3) is 0 Å². The van der Waals surface area contributed by atoms with Crippen molar-refractivity contribution in [3.8, 4) is 11.1 Å². The molecular formula is C25H21NO. The SMILES string of the molecule is O=C(CCc1cccc(-c2ccccc2)c1)Nc1ccc2ccccc2c1. The Morgan fingerprint density at radius 1 is 0.667 bits per heavy atom. The second-order valence-corrected chi connectivity index (χ2v) is 6.68. The Kier molecular flexibility index (Phi) is 4.97. The van der Waals surface area contributed by atoms with Crippen LogP contribution in [0.3, 0.4) is 0 Å². The summed E-state index contributed by atoms with van der Waals surface area (Å²) in [7, 11) is 0. The fraction of sp³-hybridized carbons (Fsp3) is 0.0800. The summed E-state index contributed by atoms with van der Waals surface area (Å²) >= 11 is 0. The predicted octanol–water partition coefficient (Wildman–Crippen LogP) is 6.08. The van der Waals surface area contributed by atoms with Crippen LogP contribution >= 0.6 is 0 Å². The molecule has 2 heteroatoms. The molecule has 1 N–H and O–H groups in total. The molecule has 4 aromatic carbocycles. The lowest BCUT2D eigenvalue weighted by atomic mass is 10.0. The Balaban J connectivity index is 1.40. The zero-order valence-corrected chi connectivity index (χ0v) is 15.1. The molecule has 0 fully saturated rings. The summed E-state index contributed by atoms with van der Waals surface area (Å²) in [5, 5.41) is 5.32. The molecule has 0 unspecified atom stereocenters. The highest BCUT2D eigenvalue weighted by Crippen LogP contribution is 2.21. The van der Waals surface area contributed by atoms with Crippen LogP contribution in [0.4, 0.5) is 5.69 Å². The Hall–Kier alpha value is -3.39. The lowest BCUT2D eigenvalue weighted by Gasteiger charge is -2.08. The molecule has 0 spiro atoms. The van der Waals surface area contributed by atoms with Gasteiger partial charge in [0.2, 0.25) is 5.91 Å². The normalized spacial score (nSPS) is 10.7. The predicted molar refractivity (Wildman–Crippen MR) is 113 cm³/mol. The molecule has 0 saturated carbocycles. The summed E-state index contributed by atoms with van der Waals surface area (Å²) in [5.74, 6) is 0.0374. The minimum Gasteiger partial charge on any atom is -0.326 e. The van der Waals surface area contributed by atoms with Gasteiger partial charge in [0.15, 0.2) is 0 Å². The zero-order chi connectivity index (χ0) is 18.5. The number of carbonyl (C=O) groups is 1. The van der Waals surface area contributed by atoms with Gasteiger partial charge < -0.3 is 5.32 Å². The minimum atomic E-state index is 0.0374. The van der Waals surface area contributed by atoms with E-state index in [1.54, 1.807) is 0 Å². The summed E-state index contributed by atoms with van der Waals surface area (Å²) in [4.78, 5) is 12.4. The van der Waals surface area contributed by atoms with Crippen LogP contribution in [0.1, 0.15) is 12.0 Å². The van der Waals surface area contributed by atoms with Crippen molar-refractivity contribution in [1.29, 1.82) is 0 Å². The average Bonchev–Trinajstić information content (AvgIpc) is 2.73. The third-order valence-corrected chi connectivity index (χ3v) is 4.71. The molecule has 0 aliphatic rings. The van der Waals surface area contributed by atoms with E-state index in [9.17, 15) is 4.79 Å². The number of benzene rings is 4. The molecule has 0 aliphatic heterocycles. The lowest BCUT2D eigenvalue weighted by Crippen LogP contribution is -2.12. The molecule has 132 valence electrons. The smallest absolute Gasteiger partial charge is 0.224 e. The van der Waals surface area contributed by atoms with Gasteiger partial charge in [-0.2, -0.15) is 0 Å². The number of carbonyl (C=O) groups excluding carboxylic acids is 1. The number of nitrogens with one attached hydrogen (secondary N) is 1. The highest BCUT2D eigenvalue weighted by atomic mass is 16.1. The molecule has 1 amide bonds. The topological polar surface area (TPSA) is 29.1 Å². The molecule has 0 aliphatic carbocycles.